The molecule has 164 valence electrons. The number of methoxy groups -OCH3 is 1. The van der Waals surface area contributed by atoms with Crippen LogP contribution in [0.2, 0.25) is 0 Å². The molecule has 1 aromatic rings. The van der Waals surface area contributed by atoms with Crippen molar-refractivity contribution in [2.45, 2.75) is 38.9 Å². The summed E-state index contributed by atoms with van der Waals surface area (Å²) in [5.41, 5.74) is 1.64. The van der Waals surface area contributed by atoms with Crippen molar-refractivity contribution in [3.05, 3.63) is 35.1 Å². The van der Waals surface area contributed by atoms with E-state index in [1.807, 2.05) is 32.0 Å². The van der Waals surface area contributed by atoms with Gasteiger partial charge in [0.1, 0.15) is 5.82 Å². The highest BCUT2D eigenvalue weighted by Crippen LogP contribution is 2.14. The molecular formula is C20H33FIN5O2. The molecular weight excluding hydrogens is 488 g/mol. The van der Waals surface area contributed by atoms with Gasteiger partial charge in [0.15, 0.2) is 5.96 Å². The Balaban J connectivity index is 0.00000420. The van der Waals surface area contributed by atoms with Gasteiger partial charge in [0, 0.05) is 37.8 Å². The van der Waals surface area contributed by atoms with Crippen LogP contribution in [0.4, 0.5) is 9.18 Å². The molecule has 0 aliphatic carbocycles. The first-order chi connectivity index (χ1) is 13.4. The molecule has 1 heterocycles. The number of carbonyl (C=O) groups is 1. The molecule has 0 bridgehead atoms. The molecule has 0 saturated carbocycles. The summed E-state index contributed by atoms with van der Waals surface area (Å²) in [5, 5.41) is 6.70. The molecule has 1 aromatic carbocycles. The first-order valence-corrected chi connectivity index (χ1v) is 9.72. The highest BCUT2D eigenvalue weighted by atomic mass is 127. The Morgan fingerprint density at radius 3 is 2.62 bits per heavy atom. The standard InChI is InChI=1S/C20H32FN5O2.HI/c1-5-22-19(24-17-8-10-26(11-9-17)20(27)28-4)23-13-15-6-7-18(21)16(12-15)14-25(2)3;/h6-7,12,17H,5,8-11,13-14H2,1-4H3,(H2,22,23,24);1H. The predicted octanol–water partition coefficient (Wildman–Crippen LogP) is 2.79. The Labute approximate surface area is 190 Å². The highest BCUT2D eigenvalue weighted by molar-refractivity contribution is 14.0. The van der Waals surface area contributed by atoms with Crippen LogP contribution in [-0.2, 0) is 17.8 Å². The van der Waals surface area contributed by atoms with Gasteiger partial charge in [-0.15, -0.1) is 24.0 Å². The van der Waals surface area contributed by atoms with Gasteiger partial charge >= 0.3 is 6.09 Å². The minimum Gasteiger partial charge on any atom is -0.453 e. The van der Waals surface area contributed by atoms with Crippen LogP contribution in [0, 0.1) is 5.82 Å². The number of ether oxygens (including phenoxy) is 1. The van der Waals surface area contributed by atoms with Gasteiger partial charge in [0.25, 0.3) is 0 Å². The molecule has 1 aliphatic heterocycles. The van der Waals surface area contributed by atoms with Gasteiger partial charge in [0.2, 0.25) is 0 Å². The molecule has 1 saturated heterocycles. The monoisotopic (exact) mass is 521 g/mol. The summed E-state index contributed by atoms with van der Waals surface area (Å²) in [5.74, 6) is 0.543. The smallest absolute Gasteiger partial charge is 0.409 e. The SMILES string of the molecule is CCNC(=NCc1ccc(F)c(CN(C)C)c1)NC1CCN(C(=O)OC)CC1.I. The number of amides is 1. The van der Waals surface area contributed by atoms with Crippen molar-refractivity contribution in [2.75, 3.05) is 40.8 Å². The molecule has 2 N–H and O–H groups in total. The number of guanidine groups is 1. The van der Waals surface area contributed by atoms with E-state index in [0.29, 0.717) is 31.7 Å². The van der Waals surface area contributed by atoms with Crippen LogP contribution in [0.3, 0.4) is 0 Å². The lowest BCUT2D eigenvalue weighted by Crippen LogP contribution is -2.49. The van der Waals surface area contributed by atoms with E-state index in [0.717, 1.165) is 30.9 Å². The van der Waals surface area contributed by atoms with Gasteiger partial charge in [-0.05, 0) is 51.6 Å². The zero-order chi connectivity index (χ0) is 20.5. The van der Waals surface area contributed by atoms with Crippen LogP contribution < -0.4 is 10.6 Å². The van der Waals surface area contributed by atoms with Gasteiger partial charge in [-0.1, -0.05) is 6.07 Å². The summed E-state index contributed by atoms with van der Waals surface area (Å²) >= 11 is 0. The van der Waals surface area contributed by atoms with Crippen molar-refractivity contribution in [2.24, 2.45) is 4.99 Å². The minimum atomic E-state index is -0.274. The number of carbonyl (C=O) groups excluding carboxylic acids is 1. The van der Waals surface area contributed by atoms with Gasteiger partial charge in [0.05, 0.1) is 13.7 Å². The maximum atomic E-state index is 13.9. The quantitative estimate of drug-likeness (QED) is 0.343. The summed E-state index contributed by atoms with van der Waals surface area (Å²) in [6.45, 7) is 5.12. The zero-order valence-corrected chi connectivity index (χ0v) is 20.0. The fourth-order valence-electron chi connectivity index (χ4n) is 3.21. The van der Waals surface area contributed by atoms with E-state index in [1.54, 1.807) is 11.0 Å². The fraction of sp³-hybridized carbons (Fsp3) is 0.600. The third-order valence-corrected chi connectivity index (χ3v) is 4.63. The number of nitrogens with one attached hydrogen (secondary N) is 2. The Kier molecular flexibility index (Phi) is 11.3. The molecule has 0 aromatic heterocycles. The number of nitrogens with zero attached hydrogens (tertiary/aromatic N) is 3. The Morgan fingerprint density at radius 2 is 2.03 bits per heavy atom. The average Bonchev–Trinajstić information content (AvgIpc) is 2.68. The zero-order valence-electron chi connectivity index (χ0n) is 17.7. The second kappa shape index (κ2) is 12.8. The van der Waals surface area contributed by atoms with Crippen molar-refractivity contribution in [1.29, 1.82) is 0 Å². The molecule has 2 rings (SSSR count). The molecule has 0 radical (unpaired) electrons. The molecule has 1 aliphatic rings. The van der Waals surface area contributed by atoms with Crippen LogP contribution in [-0.4, -0.2) is 68.7 Å². The Morgan fingerprint density at radius 1 is 1.34 bits per heavy atom. The van der Waals surface area contributed by atoms with Crippen LogP contribution >= 0.6 is 24.0 Å². The molecule has 0 unspecified atom stereocenters. The number of aliphatic imine (C=N–C) groups is 1. The van der Waals surface area contributed by atoms with E-state index in [-0.39, 0.29) is 41.9 Å². The lowest BCUT2D eigenvalue weighted by Gasteiger charge is -2.32. The Bertz CT molecular complexity index is 679. The summed E-state index contributed by atoms with van der Waals surface area (Å²) in [6, 6.07) is 5.40. The molecule has 1 amide bonds. The molecule has 0 atom stereocenters. The van der Waals surface area contributed by atoms with E-state index in [2.05, 4.69) is 15.6 Å². The average molecular weight is 521 g/mol. The lowest BCUT2D eigenvalue weighted by atomic mass is 10.1. The number of rotatable bonds is 6. The lowest BCUT2D eigenvalue weighted by molar-refractivity contribution is 0.111. The number of hydrogen-bond acceptors (Lipinski definition) is 4. The highest BCUT2D eigenvalue weighted by Gasteiger charge is 2.23. The summed E-state index contributed by atoms with van der Waals surface area (Å²) in [7, 11) is 5.24. The normalized spacial score (nSPS) is 15.1. The number of halogens is 2. The van der Waals surface area contributed by atoms with E-state index in [9.17, 15) is 9.18 Å². The second-order valence-electron chi connectivity index (χ2n) is 7.23. The van der Waals surface area contributed by atoms with E-state index in [1.165, 1.54) is 13.2 Å². The molecule has 0 spiro atoms. The van der Waals surface area contributed by atoms with Crippen LogP contribution in [0.15, 0.2) is 23.2 Å². The summed E-state index contributed by atoms with van der Waals surface area (Å²) in [6.07, 6.45) is 1.40. The topological polar surface area (TPSA) is 69.2 Å². The number of hydrogen-bond donors (Lipinski definition) is 2. The number of benzene rings is 1. The van der Waals surface area contributed by atoms with Crippen LogP contribution in [0.25, 0.3) is 0 Å². The summed E-state index contributed by atoms with van der Waals surface area (Å²) in [4.78, 5) is 19.9. The summed E-state index contributed by atoms with van der Waals surface area (Å²) < 4.78 is 18.7. The van der Waals surface area contributed by atoms with Gasteiger partial charge in [-0.3, -0.25) is 0 Å². The second-order valence-corrected chi connectivity index (χ2v) is 7.23. The fourth-order valence-corrected chi connectivity index (χ4v) is 3.21. The Hall–Kier alpha value is -1.62. The first kappa shape index (κ1) is 25.4. The van der Waals surface area contributed by atoms with Crippen molar-refractivity contribution in [3.8, 4) is 0 Å². The van der Waals surface area contributed by atoms with Crippen molar-refractivity contribution in [1.82, 2.24) is 20.4 Å². The van der Waals surface area contributed by atoms with Crippen LogP contribution in [0.1, 0.15) is 30.9 Å². The van der Waals surface area contributed by atoms with Crippen molar-refractivity contribution in [3.63, 3.8) is 0 Å². The van der Waals surface area contributed by atoms with E-state index >= 15 is 0 Å². The van der Waals surface area contributed by atoms with E-state index in [4.69, 9.17) is 4.74 Å². The van der Waals surface area contributed by atoms with Crippen molar-refractivity contribution < 1.29 is 13.9 Å². The maximum Gasteiger partial charge on any atom is 0.409 e. The third kappa shape index (κ3) is 8.33. The van der Waals surface area contributed by atoms with Gasteiger partial charge < -0.3 is 25.2 Å². The van der Waals surface area contributed by atoms with Crippen LogP contribution in [0.5, 0.6) is 0 Å². The number of piperidine rings is 1. The van der Waals surface area contributed by atoms with E-state index < -0.39 is 0 Å². The third-order valence-electron chi connectivity index (χ3n) is 4.63. The van der Waals surface area contributed by atoms with Gasteiger partial charge in [-0.25, -0.2) is 14.2 Å². The predicted molar refractivity (Wildman–Crippen MR) is 124 cm³/mol. The maximum absolute atomic E-state index is 13.9. The molecule has 9 heteroatoms. The molecule has 1 fully saturated rings. The van der Waals surface area contributed by atoms with Crippen molar-refractivity contribution >= 4 is 36.0 Å². The molecule has 7 nitrogen and oxygen atoms in total. The first-order valence-electron chi connectivity index (χ1n) is 9.72. The number of likely N-dealkylation sites (tertiary alicyclic amines) is 1. The molecule has 29 heavy (non-hydrogen) atoms. The van der Waals surface area contributed by atoms with Gasteiger partial charge in [-0.2, -0.15) is 0 Å². The largest absolute Gasteiger partial charge is 0.453 e. The minimum absolute atomic E-state index is 0.